The minimum Gasteiger partial charge on any atom is -0.496 e. The van der Waals surface area contributed by atoms with Gasteiger partial charge in [-0.15, -0.1) is 0 Å². The van der Waals surface area contributed by atoms with Crippen molar-refractivity contribution < 1.29 is 9.53 Å². The minimum atomic E-state index is -0.337. The maximum absolute atomic E-state index is 12.6. The molecule has 0 spiro atoms. The molecule has 3 N–H and O–H groups in total. The Bertz CT molecular complexity index is 1230. The second-order valence-corrected chi connectivity index (χ2v) is 10.7. The highest BCUT2D eigenvalue weighted by molar-refractivity contribution is 5.86. The van der Waals surface area contributed by atoms with E-state index in [4.69, 9.17) is 10.5 Å². The summed E-state index contributed by atoms with van der Waals surface area (Å²) in [6.07, 6.45) is 3.85. The molecule has 2 aromatic heterocycles. The third kappa shape index (κ3) is 6.30. The molecule has 3 aromatic rings. The summed E-state index contributed by atoms with van der Waals surface area (Å²) in [5.74, 6) is 1.98. The predicted molar refractivity (Wildman–Crippen MR) is 147 cm³/mol. The number of hydrogen-bond donors (Lipinski definition) is 2. The maximum atomic E-state index is 12.6. The van der Waals surface area contributed by atoms with Crippen LogP contribution in [0.15, 0.2) is 24.4 Å². The summed E-state index contributed by atoms with van der Waals surface area (Å²) in [6.45, 7) is 13.5. The predicted octanol–water partition coefficient (Wildman–Crippen LogP) is 3.37. The summed E-state index contributed by atoms with van der Waals surface area (Å²) in [4.78, 5) is 25.7. The fourth-order valence-electron chi connectivity index (χ4n) is 4.66. The molecular weight excluding hydrogens is 468 g/mol. The average Bonchev–Trinajstić information content (AvgIpc) is 3.26. The van der Waals surface area contributed by atoms with Gasteiger partial charge in [0.25, 0.3) is 0 Å². The van der Waals surface area contributed by atoms with Gasteiger partial charge < -0.3 is 20.7 Å². The van der Waals surface area contributed by atoms with Gasteiger partial charge in [0.05, 0.1) is 19.9 Å². The lowest BCUT2D eigenvalue weighted by Gasteiger charge is -2.37. The smallest absolute Gasteiger partial charge is 0.228 e. The van der Waals surface area contributed by atoms with E-state index in [0.29, 0.717) is 17.9 Å². The quantitative estimate of drug-likeness (QED) is 0.423. The van der Waals surface area contributed by atoms with Crippen LogP contribution < -0.4 is 15.8 Å². The van der Waals surface area contributed by atoms with Crippen molar-refractivity contribution in [2.75, 3.05) is 50.9 Å². The molecule has 10 nitrogen and oxygen atoms in total. The van der Waals surface area contributed by atoms with Gasteiger partial charge in [0, 0.05) is 50.2 Å². The average molecular weight is 509 g/mol. The number of carbonyl (C=O) groups excluding carboxylic acids is 1. The van der Waals surface area contributed by atoms with Crippen LogP contribution in [-0.4, -0.2) is 75.3 Å². The van der Waals surface area contributed by atoms with E-state index in [0.717, 1.165) is 68.9 Å². The van der Waals surface area contributed by atoms with Gasteiger partial charge in [0.2, 0.25) is 11.9 Å². The second-order valence-electron chi connectivity index (χ2n) is 10.7. The van der Waals surface area contributed by atoms with Gasteiger partial charge in [-0.1, -0.05) is 46.2 Å². The highest BCUT2D eigenvalue weighted by Gasteiger charge is 2.29. The summed E-state index contributed by atoms with van der Waals surface area (Å²) in [6, 6.07) is 6.34. The first-order chi connectivity index (χ1) is 17.7. The Morgan fingerprint density at radius 2 is 1.89 bits per heavy atom. The molecule has 1 fully saturated rings. The monoisotopic (exact) mass is 508 g/mol. The van der Waals surface area contributed by atoms with Crippen LogP contribution in [0.4, 0.5) is 11.8 Å². The number of carbonyl (C=O) groups is 1. The maximum Gasteiger partial charge on any atom is 0.228 e. The van der Waals surface area contributed by atoms with Gasteiger partial charge >= 0.3 is 0 Å². The van der Waals surface area contributed by atoms with Crippen molar-refractivity contribution in [2.24, 2.45) is 5.41 Å². The van der Waals surface area contributed by atoms with Gasteiger partial charge in [-0.25, -0.2) is 4.98 Å². The van der Waals surface area contributed by atoms with Crippen molar-refractivity contribution in [3.05, 3.63) is 35.5 Å². The Labute approximate surface area is 219 Å². The zero-order chi connectivity index (χ0) is 26.6. The molecule has 1 aliphatic rings. The Morgan fingerprint density at radius 3 is 2.57 bits per heavy atom. The SMILES string of the molecule is CCCCNc1nc(N)nc2cnn(Cc3ccc(CN4CCN(C(=O)C(C)(C)C)CC4)cc3OC)c12. The van der Waals surface area contributed by atoms with E-state index in [1.54, 1.807) is 13.3 Å². The van der Waals surface area contributed by atoms with E-state index >= 15 is 0 Å². The number of methoxy groups -OCH3 is 1. The molecule has 0 aliphatic carbocycles. The summed E-state index contributed by atoms with van der Waals surface area (Å²) >= 11 is 0. The molecule has 1 aromatic carbocycles. The molecule has 1 saturated heterocycles. The topological polar surface area (TPSA) is 114 Å². The fraction of sp³-hybridized carbons (Fsp3) is 0.556. The molecular formula is C27H40N8O2. The zero-order valence-electron chi connectivity index (χ0n) is 22.8. The number of nitrogens with one attached hydrogen (secondary N) is 1. The molecule has 1 amide bonds. The number of aromatic nitrogens is 4. The number of nitrogens with zero attached hydrogens (tertiary/aromatic N) is 6. The molecule has 0 radical (unpaired) electrons. The summed E-state index contributed by atoms with van der Waals surface area (Å²) < 4.78 is 7.67. The van der Waals surface area contributed by atoms with Crippen LogP contribution >= 0.6 is 0 Å². The molecule has 1 aliphatic heterocycles. The second kappa shape index (κ2) is 11.3. The lowest BCUT2D eigenvalue weighted by Crippen LogP contribution is -2.51. The number of amides is 1. The first kappa shape index (κ1) is 26.7. The number of piperazine rings is 1. The minimum absolute atomic E-state index is 0.223. The van der Waals surface area contributed by atoms with E-state index in [1.165, 1.54) is 5.56 Å². The van der Waals surface area contributed by atoms with E-state index < -0.39 is 0 Å². The van der Waals surface area contributed by atoms with Crippen molar-refractivity contribution in [2.45, 2.75) is 53.6 Å². The first-order valence-electron chi connectivity index (χ1n) is 13.1. The number of benzene rings is 1. The lowest BCUT2D eigenvalue weighted by atomic mass is 9.94. The van der Waals surface area contributed by atoms with E-state index in [2.05, 4.69) is 50.4 Å². The van der Waals surface area contributed by atoms with E-state index in [1.807, 2.05) is 30.4 Å². The number of nitrogens with two attached hydrogens (primary N) is 1. The van der Waals surface area contributed by atoms with E-state index in [9.17, 15) is 4.79 Å². The van der Waals surface area contributed by atoms with Gasteiger partial charge in [-0.2, -0.15) is 10.1 Å². The van der Waals surface area contributed by atoms with Gasteiger partial charge in [0.15, 0.2) is 5.82 Å². The summed E-state index contributed by atoms with van der Waals surface area (Å²) in [7, 11) is 1.70. The van der Waals surface area contributed by atoms with Crippen molar-refractivity contribution in [3.8, 4) is 5.75 Å². The van der Waals surface area contributed by atoms with Crippen molar-refractivity contribution >= 4 is 28.7 Å². The van der Waals surface area contributed by atoms with Crippen molar-refractivity contribution in [1.29, 1.82) is 0 Å². The lowest BCUT2D eigenvalue weighted by molar-refractivity contribution is -0.141. The number of anilines is 2. The van der Waals surface area contributed by atoms with Gasteiger partial charge in [-0.3, -0.25) is 14.4 Å². The molecule has 37 heavy (non-hydrogen) atoms. The van der Waals surface area contributed by atoms with Crippen LogP contribution in [-0.2, 0) is 17.9 Å². The number of unbranched alkanes of at least 4 members (excludes halogenated alkanes) is 1. The highest BCUT2D eigenvalue weighted by Crippen LogP contribution is 2.27. The van der Waals surface area contributed by atoms with Crippen LogP contribution in [0.1, 0.15) is 51.7 Å². The number of nitrogen functional groups attached to an aromatic ring is 1. The van der Waals surface area contributed by atoms with Crippen LogP contribution in [0.5, 0.6) is 5.75 Å². The zero-order valence-corrected chi connectivity index (χ0v) is 22.8. The number of fused-ring (bicyclic) bond motifs is 1. The summed E-state index contributed by atoms with van der Waals surface area (Å²) in [5, 5.41) is 7.96. The number of hydrogen-bond acceptors (Lipinski definition) is 8. The van der Waals surface area contributed by atoms with Gasteiger partial charge in [0.1, 0.15) is 16.8 Å². The Balaban J connectivity index is 1.46. The van der Waals surface area contributed by atoms with Crippen molar-refractivity contribution in [3.63, 3.8) is 0 Å². The summed E-state index contributed by atoms with van der Waals surface area (Å²) in [5.41, 5.74) is 9.34. The van der Waals surface area contributed by atoms with E-state index in [-0.39, 0.29) is 17.3 Å². The third-order valence-electron chi connectivity index (χ3n) is 6.71. The normalized spacial score (nSPS) is 14.8. The Kier molecular flexibility index (Phi) is 8.16. The largest absolute Gasteiger partial charge is 0.496 e. The highest BCUT2D eigenvalue weighted by atomic mass is 16.5. The molecule has 0 saturated carbocycles. The number of rotatable bonds is 9. The molecule has 3 heterocycles. The molecule has 200 valence electrons. The molecule has 0 atom stereocenters. The van der Waals surface area contributed by atoms with Crippen LogP contribution in [0.2, 0.25) is 0 Å². The molecule has 4 rings (SSSR count). The van der Waals surface area contributed by atoms with Crippen LogP contribution in [0, 0.1) is 5.41 Å². The molecule has 0 bridgehead atoms. The van der Waals surface area contributed by atoms with Crippen molar-refractivity contribution in [1.82, 2.24) is 29.5 Å². The molecule has 10 heteroatoms. The van der Waals surface area contributed by atoms with Crippen LogP contribution in [0.25, 0.3) is 11.0 Å². The fourth-order valence-corrected chi connectivity index (χ4v) is 4.66. The Morgan fingerprint density at radius 1 is 1.14 bits per heavy atom. The first-order valence-corrected chi connectivity index (χ1v) is 13.1. The molecule has 0 unspecified atom stereocenters. The standard InChI is InChI=1S/C27H40N8O2/c1-6-7-10-29-24-23-21(31-26(28)32-24)16-30-35(23)18-20-9-8-19(15-22(20)37-5)17-33-11-13-34(14-12-33)25(36)27(2,3)4/h8-9,15-16H,6-7,10-14,17-18H2,1-5H3,(H3,28,29,31,32). The third-order valence-corrected chi connectivity index (χ3v) is 6.71. The van der Waals surface area contributed by atoms with Crippen LogP contribution in [0.3, 0.4) is 0 Å². The van der Waals surface area contributed by atoms with Gasteiger partial charge in [-0.05, 0) is 18.1 Å². The Hall–Kier alpha value is -3.40. The number of ether oxygens (including phenoxy) is 1.